The maximum atomic E-state index is 12.7. The van der Waals surface area contributed by atoms with Crippen LogP contribution in [0.15, 0.2) is 48.7 Å². The van der Waals surface area contributed by atoms with Crippen molar-refractivity contribution >= 4 is 22.5 Å². The Balaban J connectivity index is 1.18. The van der Waals surface area contributed by atoms with Gasteiger partial charge in [-0.15, -0.1) is 0 Å². The summed E-state index contributed by atoms with van der Waals surface area (Å²) in [6, 6.07) is 10.7. The lowest BCUT2D eigenvalue weighted by atomic mass is 9.51. The molecule has 4 nitrogen and oxygen atoms in total. The molecule has 2 aliphatic rings. The number of H-pyrrole nitrogens is 1. The Hall–Kier alpha value is -2.96. The number of amides is 1. The average Bonchev–Trinajstić information content (AvgIpc) is 3.08. The molecule has 2 aliphatic carbocycles. The molecule has 2 aromatic carbocycles. The number of carbonyl (C=O) groups is 1. The van der Waals surface area contributed by atoms with E-state index in [9.17, 15) is 18.0 Å². The number of alkyl halides is 3. The van der Waals surface area contributed by atoms with E-state index in [0.717, 1.165) is 47.1 Å². The highest BCUT2D eigenvalue weighted by molar-refractivity contribution is 6.03. The molecule has 0 aliphatic heterocycles. The van der Waals surface area contributed by atoms with Crippen LogP contribution in [-0.4, -0.2) is 17.5 Å². The Morgan fingerprint density at radius 1 is 1.12 bits per heavy atom. The molecule has 168 valence electrons. The van der Waals surface area contributed by atoms with E-state index in [1.807, 2.05) is 18.2 Å². The normalized spacial score (nSPS) is 17.7. The van der Waals surface area contributed by atoms with E-state index in [1.54, 1.807) is 6.20 Å². The number of fused-ring (bicyclic) bond motifs is 1. The Bertz CT molecular complexity index is 1120. The summed E-state index contributed by atoms with van der Waals surface area (Å²) < 4.78 is 43.8. The van der Waals surface area contributed by atoms with Crippen LogP contribution in [0.3, 0.4) is 0 Å². The number of anilines is 1. The minimum atomic E-state index is -4.33. The van der Waals surface area contributed by atoms with Gasteiger partial charge in [0, 0.05) is 29.4 Å². The van der Waals surface area contributed by atoms with Gasteiger partial charge in [0.15, 0.2) is 0 Å². The molecular formula is C25H25F3N2O2. The van der Waals surface area contributed by atoms with Gasteiger partial charge in [-0.2, -0.15) is 13.2 Å². The number of ether oxygens (including phenoxy) is 1. The summed E-state index contributed by atoms with van der Waals surface area (Å²) in [7, 11) is 0. The Labute approximate surface area is 184 Å². The highest BCUT2D eigenvalue weighted by atomic mass is 19.4. The zero-order chi connectivity index (χ0) is 22.3. The van der Waals surface area contributed by atoms with E-state index >= 15 is 0 Å². The van der Waals surface area contributed by atoms with Gasteiger partial charge in [0.2, 0.25) is 5.91 Å². The van der Waals surface area contributed by atoms with Crippen LogP contribution in [0, 0.1) is 11.3 Å². The molecule has 5 rings (SSSR count). The van der Waals surface area contributed by atoms with Gasteiger partial charge in [0.1, 0.15) is 5.75 Å². The Morgan fingerprint density at radius 2 is 1.88 bits per heavy atom. The second-order valence-electron chi connectivity index (χ2n) is 9.15. The van der Waals surface area contributed by atoms with E-state index in [2.05, 4.69) is 10.3 Å². The molecule has 1 aromatic heterocycles. The number of hydrogen-bond acceptors (Lipinski definition) is 2. The summed E-state index contributed by atoms with van der Waals surface area (Å²) in [5, 5.41) is 3.94. The zero-order valence-corrected chi connectivity index (χ0v) is 17.6. The van der Waals surface area contributed by atoms with Crippen LogP contribution in [0.5, 0.6) is 5.75 Å². The molecule has 1 heterocycles. The van der Waals surface area contributed by atoms with Gasteiger partial charge < -0.3 is 15.0 Å². The summed E-state index contributed by atoms with van der Waals surface area (Å²) in [5.74, 6) is 0.831. The van der Waals surface area contributed by atoms with Crippen LogP contribution in [0.1, 0.15) is 43.2 Å². The van der Waals surface area contributed by atoms with E-state index in [1.165, 1.54) is 31.4 Å². The highest BCUT2D eigenvalue weighted by Crippen LogP contribution is 2.58. The van der Waals surface area contributed by atoms with Gasteiger partial charge in [0.05, 0.1) is 17.9 Å². The Kier molecular flexibility index (Phi) is 5.14. The minimum Gasteiger partial charge on any atom is -0.493 e. The first-order valence-electron chi connectivity index (χ1n) is 11.0. The fourth-order valence-corrected chi connectivity index (χ4v) is 4.93. The van der Waals surface area contributed by atoms with Crippen LogP contribution in [-0.2, 0) is 17.4 Å². The lowest BCUT2D eigenvalue weighted by molar-refractivity contribution is -0.137. The molecular weight excluding hydrogens is 417 g/mol. The molecule has 2 fully saturated rings. The summed E-state index contributed by atoms with van der Waals surface area (Å²) >= 11 is 0. The van der Waals surface area contributed by atoms with Crippen molar-refractivity contribution in [2.75, 3.05) is 11.9 Å². The van der Waals surface area contributed by atoms with E-state index in [0.29, 0.717) is 24.2 Å². The standard InChI is InChI=1S/C25H25F3N2O2/c26-25(27,28)18-4-2-16(3-5-18)8-11-32-19-6-7-21-20(12-19)22(15-29-21)30-23(31)17-13-24(14-17)9-1-10-24/h2-7,12,15,17,29H,1,8-11,13-14H2,(H,30,31). The number of rotatable bonds is 6. The second-order valence-corrected chi connectivity index (χ2v) is 9.15. The van der Waals surface area contributed by atoms with Crippen molar-refractivity contribution in [3.63, 3.8) is 0 Å². The Morgan fingerprint density at radius 3 is 2.53 bits per heavy atom. The molecule has 1 amide bonds. The summed E-state index contributed by atoms with van der Waals surface area (Å²) in [5.41, 5.74) is 2.22. The van der Waals surface area contributed by atoms with Crippen LogP contribution in [0.2, 0.25) is 0 Å². The van der Waals surface area contributed by atoms with Gasteiger partial charge in [-0.1, -0.05) is 18.6 Å². The number of nitrogens with one attached hydrogen (secondary N) is 2. The average molecular weight is 442 g/mol. The predicted molar refractivity (Wildman–Crippen MR) is 117 cm³/mol. The molecule has 3 aromatic rings. The number of aromatic nitrogens is 1. The van der Waals surface area contributed by atoms with Crippen molar-refractivity contribution < 1.29 is 22.7 Å². The monoisotopic (exact) mass is 442 g/mol. The van der Waals surface area contributed by atoms with E-state index < -0.39 is 11.7 Å². The first-order valence-corrected chi connectivity index (χ1v) is 11.0. The van der Waals surface area contributed by atoms with E-state index in [-0.39, 0.29) is 11.8 Å². The van der Waals surface area contributed by atoms with Gasteiger partial charge in [0.25, 0.3) is 0 Å². The van der Waals surface area contributed by atoms with Crippen molar-refractivity contribution in [2.45, 2.75) is 44.7 Å². The third-order valence-electron chi connectivity index (χ3n) is 7.00. The lowest BCUT2D eigenvalue weighted by Crippen LogP contribution is -2.47. The predicted octanol–water partition coefficient (Wildman–Crippen LogP) is 6.33. The quantitative estimate of drug-likeness (QED) is 0.469. The topological polar surface area (TPSA) is 54.1 Å². The van der Waals surface area contributed by atoms with E-state index in [4.69, 9.17) is 4.74 Å². The molecule has 2 saturated carbocycles. The molecule has 0 bridgehead atoms. The minimum absolute atomic E-state index is 0.0806. The van der Waals surface area contributed by atoms with Crippen molar-refractivity contribution in [1.29, 1.82) is 0 Å². The third kappa shape index (κ3) is 4.08. The van der Waals surface area contributed by atoms with Crippen molar-refractivity contribution in [3.8, 4) is 5.75 Å². The maximum absolute atomic E-state index is 12.7. The van der Waals surface area contributed by atoms with Crippen LogP contribution in [0.4, 0.5) is 18.9 Å². The van der Waals surface area contributed by atoms with Gasteiger partial charge in [-0.25, -0.2) is 0 Å². The smallest absolute Gasteiger partial charge is 0.416 e. The zero-order valence-electron chi connectivity index (χ0n) is 17.6. The van der Waals surface area contributed by atoms with Gasteiger partial charge in [-0.05, 0) is 67.0 Å². The number of halogens is 3. The fourth-order valence-electron chi connectivity index (χ4n) is 4.93. The largest absolute Gasteiger partial charge is 0.493 e. The molecule has 0 unspecified atom stereocenters. The molecule has 32 heavy (non-hydrogen) atoms. The first kappa shape index (κ1) is 20.9. The number of carbonyl (C=O) groups excluding carboxylic acids is 1. The van der Waals surface area contributed by atoms with Crippen LogP contribution in [0.25, 0.3) is 10.9 Å². The van der Waals surface area contributed by atoms with Crippen LogP contribution < -0.4 is 10.1 Å². The fraction of sp³-hybridized carbons (Fsp3) is 0.400. The van der Waals surface area contributed by atoms with Gasteiger partial charge in [-0.3, -0.25) is 4.79 Å². The SMILES string of the molecule is O=C(Nc1c[nH]c2ccc(OCCc3ccc(C(F)(F)F)cc3)cc12)C1CC2(CCC2)C1. The maximum Gasteiger partial charge on any atom is 0.416 e. The molecule has 1 spiro atoms. The number of hydrogen-bond donors (Lipinski definition) is 2. The molecule has 2 N–H and O–H groups in total. The summed E-state index contributed by atoms with van der Waals surface area (Å²) in [4.78, 5) is 15.8. The summed E-state index contributed by atoms with van der Waals surface area (Å²) in [6.07, 6.45) is 3.78. The van der Waals surface area contributed by atoms with Crippen molar-refractivity contribution in [3.05, 3.63) is 59.8 Å². The first-order chi connectivity index (χ1) is 15.3. The third-order valence-corrected chi connectivity index (χ3v) is 7.00. The molecule has 0 radical (unpaired) electrons. The van der Waals surface area contributed by atoms with Crippen LogP contribution >= 0.6 is 0 Å². The summed E-state index contributed by atoms with van der Waals surface area (Å²) in [6.45, 7) is 0.340. The molecule has 7 heteroatoms. The number of benzene rings is 2. The van der Waals surface area contributed by atoms with Crippen molar-refractivity contribution in [2.24, 2.45) is 11.3 Å². The second kappa shape index (κ2) is 7.87. The molecule has 0 atom stereocenters. The molecule has 0 saturated heterocycles. The van der Waals surface area contributed by atoms with Gasteiger partial charge >= 0.3 is 6.18 Å². The highest BCUT2D eigenvalue weighted by Gasteiger charge is 2.50. The number of aromatic amines is 1. The lowest BCUT2D eigenvalue weighted by Gasteiger charge is -2.53. The van der Waals surface area contributed by atoms with Crippen molar-refractivity contribution in [1.82, 2.24) is 4.98 Å².